The molecule has 1 N–H and O–H groups in total. The molecule has 26 heavy (non-hydrogen) atoms. The van der Waals surface area contributed by atoms with E-state index in [0.717, 1.165) is 31.9 Å². The number of nitro groups is 1. The number of hydrogen-bond donors (Lipinski definition) is 1. The first kappa shape index (κ1) is 17.9. The molecule has 0 radical (unpaired) electrons. The number of hydrogen-bond acceptors (Lipinski definition) is 5. The van der Waals surface area contributed by atoms with E-state index in [1.54, 1.807) is 37.4 Å². The number of rotatable bonds is 5. The van der Waals surface area contributed by atoms with Gasteiger partial charge in [-0.3, -0.25) is 14.9 Å². The van der Waals surface area contributed by atoms with Crippen LogP contribution < -0.4 is 14.5 Å². The van der Waals surface area contributed by atoms with Crippen molar-refractivity contribution >= 4 is 17.2 Å². The Labute approximate surface area is 151 Å². The quantitative estimate of drug-likeness (QED) is 0.494. The summed E-state index contributed by atoms with van der Waals surface area (Å²) < 4.78 is 5.12. The number of ketones is 1. The fourth-order valence-corrected chi connectivity index (χ4v) is 3.12. The lowest BCUT2D eigenvalue weighted by Gasteiger charge is -2.32. The van der Waals surface area contributed by atoms with Crippen molar-refractivity contribution in [2.24, 2.45) is 0 Å². The van der Waals surface area contributed by atoms with Gasteiger partial charge in [0, 0.05) is 23.4 Å². The van der Waals surface area contributed by atoms with Gasteiger partial charge >= 0.3 is 0 Å². The summed E-state index contributed by atoms with van der Waals surface area (Å²) in [5.74, 6) is 0.431. The minimum Gasteiger partial charge on any atom is -0.497 e. The van der Waals surface area contributed by atoms with Gasteiger partial charge in [-0.1, -0.05) is 0 Å². The second-order valence-corrected chi connectivity index (χ2v) is 6.46. The Bertz CT molecular complexity index is 812. The molecule has 2 aromatic rings. The Morgan fingerprint density at radius 1 is 1.15 bits per heavy atom. The van der Waals surface area contributed by atoms with E-state index in [0.29, 0.717) is 16.9 Å². The molecule has 2 aromatic carbocycles. The van der Waals surface area contributed by atoms with Crippen LogP contribution in [0.5, 0.6) is 5.75 Å². The average Bonchev–Trinajstić information content (AvgIpc) is 2.67. The summed E-state index contributed by atoms with van der Waals surface area (Å²) in [4.78, 5) is 27.3. The molecule has 0 bridgehead atoms. The van der Waals surface area contributed by atoms with Crippen molar-refractivity contribution in [3.05, 3.63) is 63.7 Å². The lowest BCUT2D eigenvalue weighted by molar-refractivity contribution is -0.880. The van der Waals surface area contributed by atoms with Gasteiger partial charge in [0.15, 0.2) is 5.78 Å². The largest absolute Gasteiger partial charge is 0.497 e. The molecule has 1 aliphatic heterocycles. The van der Waals surface area contributed by atoms with E-state index >= 15 is 0 Å². The Morgan fingerprint density at radius 3 is 2.38 bits per heavy atom. The van der Waals surface area contributed by atoms with Gasteiger partial charge in [-0.05, 0) is 30.3 Å². The highest BCUT2D eigenvalue weighted by molar-refractivity contribution is 6.12. The molecule has 0 aromatic heterocycles. The molecule has 1 aliphatic rings. The highest BCUT2D eigenvalue weighted by Crippen LogP contribution is 2.28. The van der Waals surface area contributed by atoms with Crippen LogP contribution >= 0.6 is 0 Å². The van der Waals surface area contributed by atoms with Crippen molar-refractivity contribution in [2.45, 2.75) is 0 Å². The van der Waals surface area contributed by atoms with Gasteiger partial charge in [-0.25, -0.2) is 0 Å². The van der Waals surface area contributed by atoms with Crippen LogP contribution in [0.15, 0.2) is 42.5 Å². The molecule has 0 amide bonds. The number of ether oxygens (including phenoxy) is 1. The van der Waals surface area contributed by atoms with Crippen LogP contribution in [0.4, 0.5) is 11.4 Å². The number of nitrogens with one attached hydrogen (secondary N) is 1. The zero-order chi connectivity index (χ0) is 18.7. The van der Waals surface area contributed by atoms with E-state index in [2.05, 4.69) is 11.9 Å². The molecule has 0 aliphatic carbocycles. The van der Waals surface area contributed by atoms with E-state index in [-0.39, 0.29) is 11.5 Å². The van der Waals surface area contributed by atoms with E-state index < -0.39 is 4.92 Å². The predicted molar refractivity (Wildman–Crippen MR) is 98.4 cm³/mol. The lowest BCUT2D eigenvalue weighted by Crippen LogP contribution is -3.12. The topological polar surface area (TPSA) is 77.1 Å². The summed E-state index contributed by atoms with van der Waals surface area (Å²) in [6, 6.07) is 11.3. The summed E-state index contributed by atoms with van der Waals surface area (Å²) >= 11 is 0. The van der Waals surface area contributed by atoms with Gasteiger partial charge in [-0.2, -0.15) is 0 Å². The van der Waals surface area contributed by atoms with Crippen LogP contribution in [0.25, 0.3) is 0 Å². The molecule has 7 heteroatoms. The highest BCUT2D eigenvalue weighted by atomic mass is 16.6. The first-order valence-corrected chi connectivity index (χ1v) is 8.53. The third kappa shape index (κ3) is 3.67. The number of non-ortho nitro benzene ring substituents is 1. The van der Waals surface area contributed by atoms with E-state index in [4.69, 9.17) is 4.74 Å². The molecule has 0 spiro atoms. The first-order valence-electron chi connectivity index (χ1n) is 8.53. The van der Waals surface area contributed by atoms with Crippen LogP contribution in [-0.2, 0) is 0 Å². The van der Waals surface area contributed by atoms with Gasteiger partial charge in [0.05, 0.1) is 50.8 Å². The van der Waals surface area contributed by atoms with Gasteiger partial charge in [0.1, 0.15) is 5.75 Å². The number of quaternary nitrogens is 1. The molecular formula is C19H22N3O4+. The molecule has 0 saturated carbocycles. The molecule has 1 heterocycles. The maximum Gasteiger partial charge on any atom is 0.270 e. The van der Waals surface area contributed by atoms with Crippen LogP contribution in [0.1, 0.15) is 15.9 Å². The molecule has 0 unspecified atom stereocenters. The van der Waals surface area contributed by atoms with Crippen LogP contribution in [0, 0.1) is 10.1 Å². The Balaban J connectivity index is 1.99. The van der Waals surface area contributed by atoms with Crippen LogP contribution in [0.3, 0.4) is 0 Å². The second kappa shape index (κ2) is 7.53. The number of anilines is 1. The lowest BCUT2D eigenvalue weighted by atomic mass is 9.99. The maximum atomic E-state index is 13.1. The van der Waals surface area contributed by atoms with Crippen molar-refractivity contribution in [2.75, 3.05) is 45.2 Å². The second-order valence-electron chi connectivity index (χ2n) is 6.46. The minimum absolute atomic E-state index is 0.0784. The standard InChI is InChI=1S/C19H21N3O4/c1-20-9-11-21(12-10-20)18-8-5-15(22(24)25)13-17(18)19(23)14-3-6-16(26-2)7-4-14/h3-8,13H,9-12H2,1-2H3/p+1. The monoisotopic (exact) mass is 356 g/mol. The van der Waals surface area contributed by atoms with Crippen LogP contribution in [-0.4, -0.2) is 51.0 Å². The molecule has 0 atom stereocenters. The minimum atomic E-state index is -0.470. The van der Waals surface area contributed by atoms with Crippen LogP contribution in [0.2, 0.25) is 0 Å². The zero-order valence-electron chi connectivity index (χ0n) is 14.9. The first-order chi connectivity index (χ1) is 12.5. The summed E-state index contributed by atoms with van der Waals surface area (Å²) in [5, 5.41) is 11.2. The van der Waals surface area contributed by atoms with Gasteiger partial charge in [0.2, 0.25) is 0 Å². The van der Waals surface area contributed by atoms with Gasteiger partial charge in [0.25, 0.3) is 5.69 Å². The molecule has 1 saturated heterocycles. The van der Waals surface area contributed by atoms with E-state index in [9.17, 15) is 14.9 Å². The number of piperazine rings is 1. The van der Waals surface area contributed by atoms with Crippen molar-refractivity contribution in [3.8, 4) is 5.75 Å². The van der Waals surface area contributed by atoms with Crippen molar-refractivity contribution in [1.29, 1.82) is 0 Å². The normalized spacial score (nSPS) is 14.9. The fourth-order valence-electron chi connectivity index (χ4n) is 3.12. The molecule has 136 valence electrons. The summed E-state index contributed by atoms with van der Waals surface area (Å²) in [7, 11) is 3.70. The Kier molecular flexibility index (Phi) is 5.18. The summed E-state index contributed by atoms with van der Waals surface area (Å²) in [6.07, 6.45) is 0. The van der Waals surface area contributed by atoms with Crippen molar-refractivity contribution in [1.82, 2.24) is 0 Å². The molecule has 1 fully saturated rings. The maximum absolute atomic E-state index is 13.1. The Morgan fingerprint density at radius 2 is 1.81 bits per heavy atom. The van der Waals surface area contributed by atoms with Crippen molar-refractivity contribution in [3.63, 3.8) is 0 Å². The molecule has 3 rings (SSSR count). The number of benzene rings is 2. The van der Waals surface area contributed by atoms with Gasteiger partial charge < -0.3 is 14.5 Å². The number of likely N-dealkylation sites (N-methyl/N-ethyl adjacent to an activating group) is 1. The summed E-state index contributed by atoms with van der Waals surface area (Å²) in [5.41, 5.74) is 1.52. The number of methoxy groups -OCH3 is 1. The third-order valence-electron chi connectivity index (χ3n) is 4.75. The summed E-state index contributed by atoms with van der Waals surface area (Å²) in [6.45, 7) is 3.55. The third-order valence-corrected chi connectivity index (χ3v) is 4.75. The number of nitro benzene ring substituents is 1. The SMILES string of the molecule is COc1ccc(C(=O)c2cc([N+](=O)[O-])ccc2N2CC[NH+](C)CC2)cc1. The number of carbonyl (C=O) groups excluding carboxylic acids is 1. The van der Waals surface area contributed by atoms with E-state index in [1.807, 2.05) is 0 Å². The van der Waals surface area contributed by atoms with Gasteiger partial charge in [-0.15, -0.1) is 0 Å². The smallest absolute Gasteiger partial charge is 0.270 e. The molecular weight excluding hydrogens is 334 g/mol. The molecule has 7 nitrogen and oxygen atoms in total. The van der Waals surface area contributed by atoms with Crippen molar-refractivity contribution < 1.29 is 19.4 Å². The Hall–Kier alpha value is -2.93. The number of nitrogens with zero attached hydrogens (tertiary/aromatic N) is 2. The predicted octanol–water partition coefficient (Wildman–Crippen LogP) is 1.17. The fraction of sp³-hybridized carbons (Fsp3) is 0.316. The number of carbonyl (C=O) groups is 1. The zero-order valence-corrected chi connectivity index (χ0v) is 14.9. The average molecular weight is 356 g/mol. The van der Waals surface area contributed by atoms with E-state index in [1.165, 1.54) is 17.0 Å². The highest BCUT2D eigenvalue weighted by Gasteiger charge is 2.24.